The predicted molar refractivity (Wildman–Crippen MR) is 214 cm³/mol. The van der Waals surface area contributed by atoms with Crippen LogP contribution in [0.5, 0.6) is 0 Å². The van der Waals surface area contributed by atoms with E-state index >= 15 is 0 Å². The molecule has 4 aromatic carbocycles. The number of rotatable bonds is 7. The van der Waals surface area contributed by atoms with E-state index < -0.39 is 17.4 Å². The van der Waals surface area contributed by atoms with E-state index in [0.29, 0.717) is 7.25 Å². The van der Waals surface area contributed by atoms with Crippen molar-refractivity contribution in [2.45, 2.75) is 91.2 Å². The second-order valence-corrected chi connectivity index (χ2v) is 42.5. The SMILES string of the molecule is CCC1=Cc2c(-c3cc(C)cc(C)c3)ccc(C)c2[CH]1[Zr](=[SiH2])([CH2]C)([CH2]C)[CH]1C(C)=Cc2c(-c3cc(C)cc(C)c3)ccc(C)c21.Cl.Cl. The Morgan fingerprint density at radius 1 is 0.553 bits per heavy atom. The van der Waals surface area contributed by atoms with Crippen molar-refractivity contribution in [1.29, 1.82) is 0 Å². The summed E-state index contributed by atoms with van der Waals surface area (Å²) in [5, 5.41) is 0. The van der Waals surface area contributed by atoms with Crippen LogP contribution in [0.3, 0.4) is 0 Å². The van der Waals surface area contributed by atoms with Gasteiger partial charge < -0.3 is 0 Å². The average Bonchev–Trinajstić information content (AvgIpc) is 3.57. The van der Waals surface area contributed by atoms with E-state index in [0.717, 1.165) is 6.42 Å². The van der Waals surface area contributed by atoms with Gasteiger partial charge in [-0.15, -0.1) is 24.8 Å². The Morgan fingerprint density at radius 3 is 1.36 bits per heavy atom. The molecule has 0 aromatic heterocycles. The van der Waals surface area contributed by atoms with Gasteiger partial charge in [0.05, 0.1) is 0 Å². The summed E-state index contributed by atoms with van der Waals surface area (Å²) in [5.74, 6) is 0. The molecule has 0 radical (unpaired) electrons. The molecule has 0 N–H and O–H groups in total. The first-order valence-electron chi connectivity index (χ1n) is 17.2. The maximum Gasteiger partial charge on any atom is -0.147 e. The van der Waals surface area contributed by atoms with Crippen LogP contribution in [0, 0.1) is 41.5 Å². The molecule has 2 aliphatic carbocycles. The molecular weight excluding hydrogens is 707 g/mol. The number of fused-ring (bicyclic) bond motifs is 2. The molecule has 6 rings (SSSR count). The second kappa shape index (κ2) is 13.7. The molecule has 0 saturated heterocycles. The summed E-state index contributed by atoms with van der Waals surface area (Å²) < 4.78 is 3.77. The molecule has 0 aliphatic heterocycles. The van der Waals surface area contributed by atoms with Crippen molar-refractivity contribution in [2.75, 3.05) is 0 Å². The van der Waals surface area contributed by atoms with Crippen LogP contribution in [0.15, 0.2) is 71.8 Å². The quantitative estimate of drug-likeness (QED) is 0.165. The number of hydrogen-bond acceptors (Lipinski definition) is 0. The van der Waals surface area contributed by atoms with E-state index in [9.17, 15) is 0 Å². The molecule has 0 amide bonds. The van der Waals surface area contributed by atoms with E-state index in [1.54, 1.807) is 22.3 Å². The molecule has 47 heavy (non-hydrogen) atoms. The molecule has 0 heterocycles. The van der Waals surface area contributed by atoms with E-state index in [2.05, 4.69) is 149 Å². The molecule has 0 nitrogen and oxygen atoms in total. The molecule has 0 fully saturated rings. The van der Waals surface area contributed by atoms with Crippen molar-refractivity contribution in [2.24, 2.45) is 0 Å². The topological polar surface area (TPSA) is 0 Å². The second-order valence-electron chi connectivity index (χ2n) is 14.9. The van der Waals surface area contributed by atoms with E-state index in [-0.39, 0.29) is 24.8 Å². The van der Waals surface area contributed by atoms with Crippen LogP contribution in [0.2, 0.25) is 8.26 Å². The monoisotopic (exact) mass is 758 g/mol. The molecule has 2 unspecified atom stereocenters. The first kappa shape index (κ1) is 37.9. The minimum atomic E-state index is -3.79. The summed E-state index contributed by atoms with van der Waals surface area (Å²) >= 11 is -3.79. The van der Waals surface area contributed by atoms with Gasteiger partial charge in [0, 0.05) is 0 Å². The van der Waals surface area contributed by atoms with E-state index in [4.69, 9.17) is 0 Å². The third-order valence-corrected chi connectivity index (χ3v) is 42.7. The van der Waals surface area contributed by atoms with Crippen molar-refractivity contribution < 1.29 is 17.4 Å². The fourth-order valence-corrected chi connectivity index (χ4v) is 33.8. The largest absolute Gasteiger partial charge is 0.147 e. The van der Waals surface area contributed by atoms with Crippen LogP contribution in [0.25, 0.3) is 34.4 Å². The minimum absolute atomic E-state index is 0. The van der Waals surface area contributed by atoms with Gasteiger partial charge in [-0.25, -0.2) is 0 Å². The maximum absolute atomic E-state index is 3.79. The molecule has 0 bridgehead atoms. The van der Waals surface area contributed by atoms with Crippen LogP contribution in [-0.4, -0.2) is 6.88 Å². The van der Waals surface area contributed by atoms with E-state index in [1.165, 1.54) is 75.0 Å². The fraction of sp³-hybridized carbons (Fsp3) is 0.349. The van der Waals surface area contributed by atoms with Crippen LogP contribution in [0.4, 0.5) is 0 Å². The zero-order valence-corrected chi connectivity index (χ0v) is 35.7. The summed E-state index contributed by atoms with van der Waals surface area (Å²) in [4.78, 5) is 0. The third kappa shape index (κ3) is 5.98. The van der Waals surface area contributed by atoms with Crippen molar-refractivity contribution in [1.82, 2.24) is 0 Å². The summed E-state index contributed by atoms with van der Waals surface area (Å²) in [5.41, 5.74) is 23.5. The van der Waals surface area contributed by atoms with Crippen LogP contribution < -0.4 is 0 Å². The molecule has 0 saturated carbocycles. The Hall–Kier alpha value is -1.96. The number of hydrogen-bond donors (Lipinski definition) is 0. The first-order chi connectivity index (χ1) is 21.3. The molecule has 4 heteroatoms. The van der Waals surface area contributed by atoms with Gasteiger partial charge in [0.2, 0.25) is 0 Å². The molecular formula is C43H54Cl2SiZr. The predicted octanol–water partition coefficient (Wildman–Crippen LogP) is 12.8. The molecule has 2 atom stereocenters. The standard InChI is InChI=1S/C20H21.C19H19.2C2H5.2ClH.H2Si.Zr/c1-5-16-11-19-15(4)6-7-18(20(19)12-16)17-9-13(2)8-14(3)10-17;1-12-7-13(2)9-16(8-12)17-6-5-15(4)18-10-14(3)11-19(17)18;2*1-2;;;;/h6-12H,5H2,1-4H3;5-11H,1-4H3;2*1H2,2H3;2*1H;1H2;. The summed E-state index contributed by atoms with van der Waals surface area (Å²) in [6.45, 7) is 26.3. The van der Waals surface area contributed by atoms with Gasteiger partial charge in [-0.2, -0.15) is 0 Å². The van der Waals surface area contributed by atoms with E-state index in [1.807, 2.05) is 0 Å². The summed E-state index contributed by atoms with van der Waals surface area (Å²) in [6, 6.07) is 23.8. The average molecular weight is 761 g/mol. The van der Waals surface area contributed by atoms with Gasteiger partial charge in [-0.1, -0.05) is 0 Å². The van der Waals surface area contributed by atoms with Crippen molar-refractivity contribution in [3.8, 4) is 22.3 Å². The van der Waals surface area contributed by atoms with Crippen molar-refractivity contribution in [3.63, 3.8) is 0 Å². The van der Waals surface area contributed by atoms with Gasteiger partial charge in [0.25, 0.3) is 0 Å². The number of allylic oxidation sites excluding steroid dienone is 2. The third-order valence-electron chi connectivity index (χ3n) is 12.0. The Morgan fingerprint density at radius 2 is 0.957 bits per heavy atom. The first-order valence-corrected chi connectivity index (χ1v) is 29.4. The zero-order chi connectivity index (χ0) is 32.4. The summed E-state index contributed by atoms with van der Waals surface area (Å²) in [6.07, 6.45) is 6.38. The number of aryl methyl sites for hydroxylation is 6. The van der Waals surface area contributed by atoms with Crippen LogP contribution in [-0.2, 0) is 17.4 Å². The van der Waals surface area contributed by atoms with Gasteiger partial charge in [0.15, 0.2) is 0 Å². The molecule has 4 aromatic rings. The van der Waals surface area contributed by atoms with Crippen LogP contribution in [0.1, 0.15) is 97.0 Å². The fourth-order valence-electron chi connectivity index (χ4n) is 9.76. The molecule has 0 spiro atoms. The van der Waals surface area contributed by atoms with Gasteiger partial charge in [0.1, 0.15) is 0 Å². The molecule has 248 valence electrons. The van der Waals surface area contributed by atoms with Gasteiger partial charge in [-0.3, -0.25) is 0 Å². The Balaban J connectivity index is 0.00000250. The molecule has 2 aliphatic rings. The Labute approximate surface area is 299 Å². The maximum atomic E-state index is 2.65. The van der Waals surface area contributed by atoms with Crippen LogP contribution >= 0.6 is 24.8 Å². The van der Waals surface area contributed by atoms with Gasteiger partial charge in [-0.05, 0) is 0 Å². The number of halogens is 2. The Kier molecular flexibility index (Phi) is 11.1. The van der Waals surface area contributed by atoms with Gasteiger partial charge >= 0.3 is 277 Å². The zero-order valence-electron chi connectivity index (χ0n) is 30.2. The normalized spacial score (nSPS) is 16.9. The Bertz CT molecular complexity index is 1960. The smallest absolute Gasteiger partial charge is 0.147 e. The van der Waals surface area contributed by atoms with Crippen molar-refractivity contribution >= 4 is 43.8 Å². The summed E-state index contributed by atoms with van der Waals surface area (Å²) in [7, 11) is 0. The minimum Gasteiger partial charge on any atom is -0.147 e. The van der Waals surface area contributed by atoms with Crippen molar-refractivity contribution in [3.05, 3.63) is 127 Å². The number of benzene rings is 4.